The summed E-state index contributed by atoms with van der Waals surface area (Å²) in [7, 11) is 0. The van der Waals surface area contributed by atoms with Crippen molar-refractivity contribution in [1.82, 2.24) is 14.7 Å². The van der Waals surface area contributed by atoms with Crippen LogP contribution in [0.15, 0.2) is 24.3 Å². The summed E-state index contributed by atoms with van der Waals surface area (Å²) in [4.78, 5) is 56.3. The van der Waals surface area contributed by atoms with Crippen molar-refractivity contribution in [3.05, 3.63) is 35.4 Å². The Balaban J connectivity index is 1.03. The Morgan fingerprint density at radius 2 is 1.27 bits per heavy atom. The Kier molecular flexibility index (Phi) is 4.85. The summed E-state index contributed by atoms with van der Waals surface area (Å²) in [5, 5.41) is 0. The van der Waals surface area contributed by atoms with Gasteiger partial charge in [0.1, 0.15) is 0 Å². The number of fused-ring (bicyclic) bond motifs is 1. The number of hydrogen-bond acceptors (Lipinski definition) is 4. The molecule has 5 fully saturated rings. The number of rotatable bonds is 4. The summed E-state index contributed by atoms with van der Waals surface area (Å²) in [6, 6.07) is 6.78. The number of carbonyl (C=O) groups excluding carboxylic acids is 4. The first kappa shape index (κ1) is 20.9. The predicted molar refractivity (Wildman–Crippen MR) is 120 cm³/mol. The summed E-state index contributed by atoms with van der Waals surface area (Å²) < 4.78 is 0. The smallest absolute Gasteiger partial charge is 0.261 e. The van der Waals surface area contributed by atoms with Gasteiger partial charge >= 0.3 is 0 Å². The topological polar surface area (TPSA) is 78.0 Å². The van der Waals surface area contributed by atoms with E-state index < -0.39 is 0 Å². The molecule has 4 amide bonds. The van der Waals surface area contributed by atoms with E-state index in [-0.39, 0.29) is 36.1 Å². The Hall–Kier alpha value is -2.70. The first-order valence-electron chi connectivity index (χ1n) is 12.5. The van der Waals surface area contributed by atoms with E-state index >= 15 is 0 Å². The van der Waals surface area contributed by atoms with Gasteiger partial charge < -0.3 is 9.80 Å². The van der Waals surface area contributed by atoms with Crippen LogP contribution in [0.4, 0.5) is 0 Å². The molecule has 4 bridgehead atoms. The quantitative estimate of drug-likeness (QED) is 0.662. The van der Waals surface area contributed by atoms with Gasteiger partial charge in [-0.2, -0.15) is 0 Å². The molecular formula is C26H31N3O4. The van der Waals surface area contributed by atoms with E-state index in [0.717, 1.165) is 37.0 Å². The van der Waals surface area contributed by atoms with Crippen LogP contribution >= 0.6 is 0 Å². The van der Waals surface area contributed by atoms with Crippen LogP contribution in [0.5, 0.6) is 0 Å². The average molecular weight is 450 g/mol. The van der Waals surface area contributed by atoms with Crippen molar-refractivity contribution in [2.75, 3.05) is 32.7 Å². The maximum absolute atomic E-state index is 13.5. The summed E-state index contributed by atoms with van der Waals surface area (Å²) in [5.41, 5.74) is 0.686. The second-order valence-electron chi connectivity index (χ2n) is 10.9. The Morgan fingerprint density at radius 3 is 1.79 bits per heavy atom. The van der Waals surface area contributed by atoms with Gasteiger partial charge in [-0.05, 0) is 68.4 Å². The zero-order valence-electron chi connectivity index (χ0n) is 19.0. The minimum atomic E-state index is -0.325. The first-order chi connectivity index (χ1) is 15.9. The number of imide groups is 1. The highest BCUT2D eigenvalue weighted by Crippen LogP contribution is 2.60. The van der Waals surface area contributed by atoms with Crippen molar-refractivity contribution in [2.45, 2.75) is 44.9 Å². The minimum absolute atomic E-state index is 0.0616. The van der Waals surface area contributed by atoms with Crippen LogP contribution in [0.1, 0.15) is 65.7 Å². The number of nitrogens with zero attached hydrogens (tertiary/aromatic N) is 3. The van der Waals surface area contributed by atoms with Crippen LogP contribution in [-0.2, 0) is 9.59 Å². The molecule has 0 spiro atoms. The first-order valence-corrected chi connectivity index (χ1v) is 12.5. The van der Waals surface area contributed by atoms with Crippen molar-refractivity contribution < 1.29 is 19.2 Å². The second kappa shape index (κ2) is 7.67. The number of amides is 4. The molecule has 1 saturated heterocycles. The summed E-state index contributed by atoms with van der Waals surface area (Å²) in [6.07, 6.45) is 7.28. The van der Waals surface area contributed by atoms with Gasteiger partial charge in [0.05, 0.1) is 16.5 Å². The molecule has 174 valence electrons. The van der Waals surface area contributed by atoms with Gasteiger partial charge in [0.2, 0.25) is 11.8 Å². The van der Waals surface area contributed by atoms with Crippen LogP contribution in [-0.4, -0.2) is 71.1 Å². The maximum Gasteiger partial charge on any atom is 0.261 e. The largest absolute Gasteiger partial charge is 0.339 e. The highest BCUT2D eigenvalue weighted by molar-refractivity contribution is 6.21. The molecule has 1 aromatic rings. The molecule has 4 aliphatic carbocycles. The fourth-order valence-electron chi connectivity index (χ4n) is 7.67. The molecule has 6 aliphatic rings. The third-order valence-electron chi connectivity index (χ3n) is 8.84. The van der Waals surface area contributed by atoms with Gasteiger partial charge in [0.25, 0.3) is 11.8 Å². The normalized spacial score (nSPS) is 32.5. The number of hydrogen-bond donors (Lipinski definition) is 0. The van der Waals surface area contributed by atoms with Crippen LogP contribution in [0.3, 0.4) is 0 Å². The van der Waals surface area contributed by atoms with Gasteiger partial charge in [-0.15, -0.1) is 0 Å². The predicted octanol–water partition coefficient (Wildman–Crippen LogP) is 2.56. The fourth-order valence-corrected chi connectivity index (χ4v) is 7.67. The lowest BCUT2D eigenvalue weighted by Gasteiger charge is -2.57. The second-order valence-corrected chi connectivity index (χ2v) is 10.9. The maximum atomic E-state index is 13.5. The van der Waals surface area contributed by atoms with E-state index in [2.05, 4.69) is 0 Å². The number of piperazine rings is 1. The Labute approximate surface area is 194 Å². The van der Waals surface area contributed by atoms with Crippen LogP contribution < -0.4 is 0 Å². The zero-order chi connectivity index (χ0) is 22.7. The van der Waals surface area contributed by atoms with Crippen molar-refractivity contribution in [1.29, 1.82) is 0 Å². The van der Waals surface area contributed by atoms with Crippen LogP contribution in [0.25, 0.3) is 0 Å². The SMILES string of the molecule is O=C(CCN1C(=O)c2ccccc2C1=O)N1CCN(C(=O)C23CC4CC(CC(C4)C2)C3)CC1. The number of benzene rings is 1. The average Bonchev–Trinajstić information content (AvgIpc) is 3.06. The van der Waals surface area contributed by atoms with Gasteiger partial charge in [0, 0.05) is 39.1 Å². The molecule has 2 heterocycles. The summed E-state index contributed by atoms with van der Waals surface area (Å²) in [5.74, 6) is 1.85. The number of carbonyl (C=O) groups is 4. The molecule has 7 heteroatoms. The van der Waals surface area contributed by atoms with E-state index in [4.69, 9.17) is 0 Å². The third-order valence-corrected chi connectivity index (χ3v) is 8.84. The highest BCUT2D eigenvalue weighted by Gasteiger charge is 2.55. The monoisotopic (exact) mass is 449 g/mol. The molecule has 2 aliphatic heterocycles. The zero-order valence-corrected chi connectivity index (χ0v) is 19.0. The minimum Gasteiger partial charge on any atom is -0.339 e. The van der Waals surface area contributed by atoms with E-state index in [1.807, 2.05) is 4.90 Å². The molecule has 0 aromatic heterocycles. The van der Waals surface area contributed by atoms with E-state index in [1.165, 1.54) is 24.2 Å². The van der Waals surface area contributed by atoms with Crippen LogP contribution in [0, 0.1) is 23.2 Å². The van der Waals surface area contributed by atoms with Gasteiger partial charge in [0.15, 0.2) is 0 Å². The fraction of sp³-hybridized carbons (Fsp3) is 0.615. The van der Waals surface area contributed by atoms with Crippen molar-refractivity contribution in [3.63, 3.8) is 0 Å². The van der Waals surface area contributed by atoms with E-state index in [1.54, 1.807) is 29.2 Å². The van der Waals surface area contributed by atoms with Crippen molar-refractivity contribution in [3.8, 4) is 0 Å². The van der Waals surface area contributed by atoms with Crippen molar-refractivity contribution in [2.24, 2.45) is 23.2 Å². The molecule has 0 radical (unpaired) electrons. The van der Waals surface area contributed by atoms with Crippen LogP contribution in [0.2, 0.25) is 0 Å². The molecule has 0 N–H and O–H groups in total. The molecule has 7 nitrogen and oxygen atoms in total. The standard InChI is InChI=1S/C26H31N3O4/c30-22(5-6-29-23(31)20-3-1-2-4-21(20)24(29)32)27-7-9-28(10-8-27)25(33)26-14-17-11-18(15-26)13-19(12-17)16-26/h1-4,17-19H,5-16H2. The Morgan fingerprint density at radius 1 is 0.788 bits per heavy atom. The lowest BCUT2D eigenvalue weighted by atomic mass is 9.49. The van der Waals surface area contributed by atoms with Crippen molar-refractivity contribution >= 4 is 23.6 Å². The molecular weight excluding hydrogens is 418 g/mol. The highest BCUT2D eigenvalue weighted by atomic mass is 16.2. The van der Waals surface area contributed by atoms with E-state index in [9.17, 15) is 19.2 Å². The molecule has 33 heavy (non-hydrogen) atoms. The summed E-state index contributed by atoms with van der Waals surface area (Å²) >= 11 is 0. The molecule has 7 rings (SSSR count). The molecule has 0 atom stereocenters. The lowest BCUT2D eigenvalue weighted by Crippen LogP contribution is -2.58. The molecule has 4 saturated carbocycles. The summed E-state index contributed by atoms with van der Waals surface area (Å²) in [6.45, 7) is 2.31. The Bertz CT molecular complexity index is 956. The van der Waals surface area contributed by atoms with E-state index in [0.29, 0.717) is 43.2 Å². The molecule has 0 unspecified atom stereocenters. The third kappa shape index (κ3) is 3.39. The molecule has 1 aromatic carbocycles. The van der Waals surface area contributed by atoms with Gasteiger partial charge in [-0.1, -0.05) is 12.1 Å². The van der Waals surface area contributed by atoms with Gasteiger partial charge in [-0.3, -0.25) is 24.1 Å². The lowest BCUT2D eigenvalue weighted by molar-refractivity contribution is -0.160. The van der Waals surface area contributed by atoms with Gasteiger partial charge in [-0.25, -0.2) is 0 Å².